The van der Waals surface area contributed by atoms with Gasteiger partial charge in [0.15, 0.2) is 12.2 Å². The molecular formula is C74H144O17P2. The van der Waals surface area contributed by atoms with Gasteiger partial charge in [-0.25, -0.2) is 9.13 Å². The Morgan fingerprint density at radius 3 is 0.731 bits per heavy atom. The normalized spacial score (nSPS) is 14.0. The minimum absolute atomic E-state index is 0.106. The van der Waals surface area contributed by atoms with E-state index < -0.39 is 97.5 Å². The Morgan fingerprint density at radius 1 is 0.290 bits per heavy atom. The third-order valence-corrected chi connectivity index (χ3v) is 19.2. The fraction of sp³-hybridized carbons (Fsp3) is 0.946. The van der Waals surface area contributed by atoms with Gasteiger partial charge in [0.2, 0.25) is 0 Å². The summed E-state index contributed by atoms with van der Waals surface area (Å²) in [6.07, 6.45) is 55.8. The first kappa shape index (κ1) is 91.1. The Bertz CT molecular complexity index is 1790. The molecule has 0 aromatic rings. The van der Waals surface area contributed by atoms with Crippen LogP contribution >= 0.6 is 15.6 Å². The molecule has 0 aromatic heterocycles. The topological polar surface area (TPSA) is 237 Å². The zero-order valence-corrected chi connectivity index (χ0v) is 62.2. The van der Waals surface area contributed by atoms with Crippen molar-refractivity contribution in [3.63, 3.8) is 0 Å². The highest BCUT2D eigenvalue weighted by atomic mass is 31.2. The monoisotopic (exact) mass is 1370 g/mol. The lowest BCUT2D eigenvalue weighted by Crippen LogP contribution is -2.30. The van der Waals surface area contributed by atoms with Gasteiger partial charge in [0, 0.05) is 25.7 Å². The molecule has 0 radical (unpaired) electrons. The molecule has 0 aliphatic rings. The second kappa shape index (κ2) is 67.3. The van der Waals surface area contributed by atoms with E-state index in [-0.39, 0.29) is 25.7 Å². The van der Waals surface area contributed by atoms with Crippen molar-refractivity contribution in [2.75, 3.05) is 39.6 Å². The van der Waals surface area contributed by atoms with Crippen LogP contribution in [0.2, 0.25) is 0 Å². The molecule has 0 amide bonds. The van der Waals surface area contributed by atoms with Crippen molar-refractivity contribution in [1.29, 1.82) is 0 Å². The van der Waals surface area contributed by atoms with Crippen LogP contribution in [-0.2, 0) is 65.4 Å². The highest BCUT2D eigenvalue weighted by molar-refractivity contribution is 7.47. The van der Waals surface area contributed by atoms with Crippen molar-refractivity contribution in [1.82, 2.24) is 0 Å². The number of phosphoric ester groups is 2. The van der Waals surface area contributed by atoms with Gasteiger partial charge >= 0.3 is 39.5 Å². The SMILES string of the molecule is CCCCCCCCCCCCCCCCCCCCCC(=O)O[C@H](COC(=O)CCCCCCCCCCCCCCCCCC(C)C)COP(=O)(O)OC[C@@H](O)COP(=O)(O)OC[C@@H](COC(=O)CCCCCCCCC)OC(=O)CCCCCCCCCCC. The lowest BCUT2D eigenvalue weighted by molar-refractivity contribution is -0.161. The number of aliphatic hydroxyl groups is 1. The molecule has 0 rings (SSSR count). The summed E-state index contributed by atoms with van der Waals surface area (Å²) in [5, 5.41) is 10.6. The molecule has 3 N–H and O–H groups in total. The Hall–Kier alpha value is -1.94. The van der Waals surface area contributed by atoms with Crippen LogP contribution < -0.4 is 0 Å². The summed E-state index contributed by atoms with van der Waals surface area (Å²) >= 11 is 0. The summed E-state index contributed by atoms with van der Waals surface area (Å²) in [6, 6.07) is 0. The van der Waals surface area contributed by atoms with Gasteiger partial charge in [-0.15, -0.1) is 0 Å². The van der Waals surface area contributed by atoms with Crippen molar-refractivity contribution in [3.05, 3.63) is 0 Å². The first-order valence-corrected chi connectivity index (χ1v) is 41.6. The molecule has 0 fully saturated rings. The van der Waals surface area contributed by atoms with Crippen molar-refractivity contribution in [2.45, 2.75) is 406 Å². The number of carbonyl (C=O) groups is 4. The Morgan fingerprint density at radius 2 is 0.495 bits per heavy atom. The summed E-state index contributed by atoms with van der Waals surface area (Å²) in [6.45, 7) is 7.24. The van der Waals surface area contributed by atoms with Gasteiger partial charge in [0.1, 0.15) is 19.3 Å². The fourth-order valence-electron chi connectivity index (χ4n) is 11.4. The Labute approximate surface area is 568 Å². The van der Waals surface area contributed by atoms with Gasteiger partial charge in [-0.3, -0.25) is 37.3 Å². The summed E-state index contributed by atoms with van der Waals surface area (Å²) in [7, 11) is -9.90. The highest BCUT2D eigenvalue weighted by Gasteiger charge is 2.30. The molecule has 0 aliphatic heterocycles. The molecule has 19 heteroatoms. The van der Waals surface area contributed by atoms with E-state index in [1.807, 2.05) is 0 Å². The number of rotatable bonds is 74. The molecular weight excluding hydrogens is 1220 g/mol. The first-order valence-electron chi connectivity index (χ1n) is 38.6. The third kappa shape index (κ3) is 68.4. The predicted molar refractivity (Wildman–Crippen MR) is 377 cm³/mol. The van der Waals surface area contributed by atoms with E-state index in [9.17, 15) is 43.2 Å². The first-order chi connectivity index (χ1) is 45.0. The second-order valence-electron chi connectivity index (χ2n) is 27.2. The summed E-state index contributed by atoms with van der Waals surface area (Å²) in [5.74, 6) is -1.32. The van der Waals surface area contributed by atoms with E-state index in [1.165, 1.54) is 199 Å². The average molecular weight is 1370 g/mol. The van der Waals surface area contributed by atoms with Gasteiger partial charge < -0.3 is 33.8 Å². The summed E-state index contributed by atoms with van der Waals surface area (Å²) < 4.78 is 68.3. The van der Waals surface area contributed by atoms with Crippen LogP contribution in [0.3, 0.4) is 0 Å². The van der Waals surface area contributed by atoms with E-state index in [0.29, 0.717) is 25.7 Å². The molecule has 0 aromatic carbocycles. The maximum atomic E-state index is 13.1. The summed E-state index contributed by atoms with van der Waals surface area (Å²) in [4.78, 5) is 72.5. The molecule has 93 heavy (non-hydrogen) atoms. The van der Waals surface area contributed by atoms with E-state index in [4.69, 9.17) is 37.0 Å². The lowest BCUT2D eigenvalue weighted by atomic mass is 10.0. The molecule has 2 unspecified atom stereocenters. The number of esters is 4. The highest BCUT2D eigenvalue weighted by Crippen LogP contribution is 2.45. The average Bonchev–Trinajstić information content (AvgIpc) is 3.24. The van der Waals surface area contributed by atoms with E-state index in [2.05, 4.69) is 34.6 Å². The van der Waals surface area contributed by atoms with Crippen LogP contribution in [0.5, 0.6) is 0 Å². The van der Waals surface area contributed by atoms with Crippen molar-refractivity contribution in [2.24, 2.45) is 5.92 Å². The van der Waals surface area contributed by atoms with Crippen LogP contribution in [-0.4, -0.2) is 96.7 Å². The molecule has 0 bridgehead atoms. The molecule has 0 spiro atoms. The molecule has 0 saturated heterocycles. The van der Waals surface area contributed by atoms with Crippen LogP contribution in [0.25, 0.3) is 0 Å². The van der Waals surface area contributed by atoms with Gasteiger partial charge in [-0.2, -0.15) is 0 Å². The standard InChI is InChI=1S/C74H144O17P2/c1-6-9-12-15-18-20-21-22-23-24-25-26-29-33-36-40-45-50-55-60-74(79)91-70(64-85-72(77)58-53-48-43-39-35-32-30-27-28-31-34-38-42-46-51-56-67(4)5)66-89-93(82,83)87-62-68(75)61-86-92(80,81)88-65-69(63-84-71(76)57-52-47-41-17-14-11-8-3)90-73(78)59-54-49-44-37-19-16-13-10-7-2/h67-70,75H,6-66H2,1-5H3,(H,80,81)(H,82,83)/t68-,69+,70+/m0/s1. The quantitative estimate of drug-likeness (QED) is 0.0222. The van der Waals surface area contributed by atoms with Crippen LogP contribution in [0.15, 0.2) is 0 Å². The minimum Gasteiger partial charge on any atom is -0.462 e. The molecule has 17 nitrogen and oxygen atoms in total. The van der Waals surface area contributed by atoms with Gasteiger partial charge in [-0.05, 0) is 31.6 Å². The predicted octanol–water partition coefficient (Wildman–Crippen LogP) is 21.7. The zero-order valence-electron chi connectivity index (χ0n) is 60.4. The maximum absolute atomic E-state index is 13.1. The number of ether oxygens (including phenoxy) is 4. The maximum Gasteiger partial charge on any atom is 0.472 e. The third-order valence-electron chi connectivity index (χ3n) is 17.3. The van der Waals surface area contributed by atoms with E-state index in [0.717, 1.165) is 109 Å². The number of hydrogen-bond donors (Lipinski definition) is 3. The lowest BCUT2D eigenvalue weighted by Gasteiger charge is -2.21. The van der Waals surface area contributed by atoms with Crippen LogP contribution in [0.4, 0.5) is 0 Å². The van der Waals surface area contributed by atoms with Crippen molar-refractivity contribution >= 4 is 39.5 Å². The number of aliphatic hydroxyl groups excluding tert-OH is 1. The van der Waals surface area contributed by atoms with Crippen LogP contribution in [0.1, 0.15) is 388 Å². The van der Waals surface area contributed by atoms with Gasteiger partial charge in [-0.1, -0.05) is 336 Å². The number of unbranched alkanes of at least 4 members (excludes halogenated alkanes) is 46. The fourth-order valence-corrected chi connectivity index (χ4v) is 12.9. The van der Waals surface area contributed by atoms with E-state index >= 15 is 0 Å². The molecule has 0 heterocycles. The van der Waals surface area contributed by atoms with E-state index in [1.54, 1.807) is 0 Å². The van der Waals surface area contributed by atoms with Crippen LogP contribution in [0, 0.1) is 5.92 Å². The minimum atomic E-state index is -4.95. The number of phosphoric acid groups is 2. The Balaban J connectivity index is 5.15. The molecule has 0 saturated carbocycles. The van der Waals surface area contributed by atoms with Gasteiger partial charge in [0.05, 0.1) is 26.4 Å². The molecule has 5 atom stereocenters. The zero-order chi connectivity index (χ0) is 68.4. The van der Waals surface area contributed by atoms with Crippen molar-refractivity contribution in [3.8, 4) is 0 Å². The van der Waals surface area contributed by atoms with Gasteiger partial charge in [0.25, 0.3) is 0 Å². The Kier molecular flexibility index (Phi) is 65.9. The molecule has 0 aliphatic carbocycles. The number of carbonyl (C=O) groups excluding carboxylic acids is 4. The smallest absolute Gasteiger partial charge is 0.462 e. The second-order valence-corrected chi connectivity index (χ2v) is 30.1. The van der Waals surface area contributed by atoms with Crippen molar-refractivity contribution < 1.29 is 80.2 Å². The number of hydrogen-bond acceptors (Lipinski definition) is 15. The molecule has 552 valence electrons. The summed E-state index contributed by atoms with van der Waals surface area (Å²) in [5.41, 5.74) is 0. The largest absolute Gasteiger partial charge is 0.472 e.